The molecule has 48 heavy (non-hydrogen) atoms. The maximum absolute atomic E-state index is 14.2. The highest BCUT2D eigenvalue weighted by atomic mass is 16.7. The first-order chi connectivity index (χ1) is 22.3. The molecule has 0 bridgehead atoms. The lowest BCUT2D eigenvalue weighted by molar-refractivity contribution is -0.299. The molecule has 13 heteroatoms. The molecule has 0 aromatic heterocycles. The molecule has 3 fully saturated rings. The van der Waals surface area contributed by atoms with Gasteiger partial charge in [0.05, 0.1) is 36.5 Å². The van der Waals surface area contributed by atoms with Gasteiger partial charge in [0.1, 0.15) is 17.8 Å². The van der Waals surface area contributed by atoms with Gasteiger partial charge in [0.15, 0.2) is 23.8 Å². The number of Topliss-reactive ketones (excluding diaryl/α,β-unsaturated/α-hetero) is 2. The highest BCUT2D eigenvalue weighted by Gasteiger charge is 2.57. The van der Waals surface area contributed by atoms with E-state index in [1.807, 2.05) is 25.9 Å². The van der Waals surface area contributed by atoms with E-state index in [9.17, 15) is 24.0 Å². The number of hydrogen-bond acceptors (Lipinski definition) is 12. The summed E-state index contributed by atoms with van der Waals surface area (Å²) < 4.78 is 36.8. The van der Waals surface area contributed by atoms with Gasteiger partial charge in [-0.3, -0.25) is 19.2 Å². The van der Waals surface area contributed by atoms with Gasteiger partial charge in [0.2, 0.25) is 0 Å². The third kappa shape index (κ3) is 8.28. The van der Waals surface area contributed by atoms with Gasteiger partial charge in [0, 0.05) is 24.7 Å². The summed E-state index contributed by atoms with van der Waals surface area (Å²) in [6, 6.07) is -1.09. The molecular formula is C35H56N2O11. The fourth-order valence-corrected chi connectivity index (χ4v) is 7.68. The number of nitrogens with zero attached hydrogens (tertiary/aromatic N) is 1. The molecule has 13 atom stereocenters. The van der Waals surface area contributed by atoms with Crippen LogP contribution in [0.1, 0.15) is 81.6 Å². The molecule has 3 rings (SSSR count). The van der Waals surface area contributed by atoms with Crippen LogP contribution in [0.3, 0.4) is 0 Å². The summed E-state index contributed by atoms with van der Waals surface area (Å²) in [6.45, 7) is 18.8. The average molecular weight is 681 g/mol. The van der Waals surface area contributed by atoms with Gasteiger partial charge in [-0.2, -0.15) is 0 Å². The molecule has 3 saturated heterocycles. The van der Waals surface area contributed by atoms with E-state index in [-0.39, 0.29) is 37.4 Å². The molecule has 0 aliphatic carbocycles. The number of carbonyl (C=O) groups is 5. The van der Waals surface area contributed by atoms with E-state index in [1.54, 1.807) is 47.6 Å². The van der Waals surface area contributed by atoms with Crippen molar-refractivity contribution in [3.8, 4) is 0 Å². The maximum Gasteiger partial charge on any atom is 0.408 e. The topological polar surface area (TPSA) is 156 Å². The van der Waals surface area contributed by atoms with Crippen molar-refractivity contribution in [3.05, 3.63) is 12.7 Å². The molecule has 1 amide bonds. The number of amides is 1. The Hall–Kier alpha value is -2.87. The minimum absolute atomic E-state index is 0.0593. The van der Waals surface area contributed by atoms with Crippen LogP contribution in [0.25, 0.3) is 0 Å². The van der Waals surface area contributed by atoms with Crippen LogP contribution in [0, 0.1) is 23.7 Å². The summed E-state index contributed by atoms with van der Waals surface area (Å²) in [5, 5.41) is 2.77. The Balaban J connectivity index is 2.18. The van der Waals surface area contributed by atoms with Crippen molar-refractivity contribution in [1.82, 2.24) is 10.2 Å². The lowest BCUT2D eigenvalue weighted by Crippen LogP contribution is -2.61. The van der Waals surface area contributed by atoms with Crippen LogP contribution in [-0.2, 0) is 47.6 Å². The summed E-state index contributed by atoms with van der Waals surface area (Å²) >= 11 is 0. The first-order valence-electron chi connectivity index (χ1n) is 17.0. The summed E-state index contributed by atoms with van der Waals surface area (Å²) in [4.78, 5) is 68.9. The number of cyclic esters (lactones) is 1. The second-order valence-corrected chi connectivity index (χ2v) is 14.4. The highest BCUT2D eigenvalue weighted by Crippen LogP contribution is 2.40. The Bertz CT molecular complexity index is 1220. The van der Waals surface area contributed by atoms with Crippen LogP contribution >= 0.6 is 0 Å². The van der Waals surface area contributed by atoms with Gasteiger partial charge in [-0.15, -0.1) is 6.58 Å². The van der Waals surface area contributed by atoms with Crippen LogP contribution in [0.2, 0.25) is 0 Å². The number of ether oxygens (including phenoxy) is 6. The van der Waals surface area contributed by atoms with Crippen molar-refractivity contribution in [3.63, 3.8) is 0 Å². The smallest absolute Gasteiger partial charge is 0.408 e. The van der Waals surface area contributed by atoms with Crippen LogP contribution in [0.5, 0.6) is 0 Å². The lowest BCUT2D eigenvalue weighted by atomic mass is 9.73. The number of hydrogen-bond donors (Lipinski definition) is 1. The lowest BCUT2D eigenvalue weighted by Gasteiger charge is -2.48. The summed E-state index contributed by atoms with van der Waals surface area (Å²) in [5.41, 5.74) is -2.69. The summed E-state index contributed by atoms with van der Waals surface area (Å²) in [5.74, 6) is -5.63. The predicted molar refractivity (Wildman–Crippen MR) is 175 cm³/mol. The maximum atomic E-state index is 14.2. The highest BCUT2D eigenvalue weighted by molar-refractivity contribution is 6.00. The Kier molecular flexibility index (Phi) is 13.0. The molecule has 3 aliphatic rings. The van der Waals surface area contributed by atoms with E-state index in [4.69, 9.17) is 28.4 Å². The molecule has 0 aromatic rings. The SMILES string of the molecule is C=CCO[C@@]1(C)C[C@@H](C)C(=O)[C@H](C)C2NC(=O)O[C@]2(C)[C@@H](CC)OC(=O)[C@H](C)C(=O)[C@H](C)C1OC1O[C@H](C)CC(N(C)C)C1OC(C)=O. The molecule has 3 heterocycles. The minimum Gasteiger partial charge on any atom is -0.458 e. The van der Waals surface area contributed by atoms with Crippen LogP contribution < -0.4 is 5.32 Å². The number of ketones is 2. The van der Waals surface area contributed by atoms with E-state index < -0.39 is 89.3 Å². The van der Waals surface area contributed by atoms with Crippen molar-refractivity contribution in [2.75, 3.05) is 20.7 Å². The van der Waals surface area contributed by atoms with Crippen molar-refractivity contribution >= 4 is 29.6 Å². The monoisotopic (exact) mass is 680 g/mol. The normalized spacial score (nSPS) is 41.5. The largest absolute Gasteiger partial charge is 0.458 e. The first kappa shape index (κ1) is 39.6. The number of alkyl carbamates (subject to hydrolysis) is 1. The molecule has 5 unspecified atom stereocenters. The van der Waals surface area contributed by atoms with Gasteiger partial charge >= 0.3 is 18.0 Å². The van der Waals surface area contributed by atoms with Gasteiger partial charge < -0.3 is 38.6 Å². The quantitative estimate of drug-likeness (QED) is 0.172. The van der Waals surface area contributed by atoms with Crippen LogP contribution in [0.15, 0.2) is 12.7 Å². The van der Waals surface area contributed by atoms with Crippen molar-refractivity contribution in [2.45, 2.75) is 136 Å². The number of fused-ring (bicyclic) bond motifs is 1. The molecule has 0 aromatic carbocycles. The third-order valence-corrected chi connectivity index (χ3v) is 10.3. The zero-order valence-corrected chi connectivity index (χ0v) is 30.4. The first-order valence-corrected chi connectivity index (χ1v) is 17.0. The second kappa shape index (κ2) is 15.8. The fourth-order valence-electron chi connectivity index (χ4n) is 7.68. The van der Waals surface area contributed by atoms with Crippen molar-refractivity contribution < 1.29 is 52.4 Å². The Morgan fingerprint density at radius 2 is 1.71 bits per heavy atom. The third-order valence-electron chi connectivity index (χ3n) is 10.3. The Morgan fingerprint density at radius 1 is 1.06 bits per heavy atom. The van der Waals surface area contributed by atoms with E-state index in [2.05, 4.69) is 11.9 Å². The number of likely N-dealkylation sites (N-methyl/N-ethyl adjacent to an activating group) is 1. The average Bonchev–Trinajstić information content (AvgIpc) is 3.33. The second-order valence-electron chi connectivity index (χ2n) is 14.4. The standard InChI is InChI=1S/C35H56N2O11/c1-13-15-43-34(9)17-18(3)26(39)20(5)29-35(10,48-33(42)36-29)25(14-2)46-31(41)22(7)27(40)21(6)30(34)47-32-28(45-23(8)38)24(37(11)12)16-19(4)44-32/h13,18-22,24-25,28-30,32H,1,14-17H2,2-12H3,(H,36,42)/t18-,19-,20+,21+,22-,24?,25-,28?,29?,30?,32?,34+,35-/m1/s1. The molecule has 0 radical (unpaired) electrons. The van der Waals surface area contributed by atoms with Gasteiger partial charge in [-0.25, -0.2) is 4.79 Å². The van der Waals surface area contributed by atoms with E-state index in [0.717, 1.165) is 0 Å². The van der Waals surface area contributed by atoms with E-state index in [0.29, 0.717) is 6.42 Å². The predicted octanol–water partition coefficient (Wildman–Crippen LogP) is 3.60. The molecule has 0 spiro atoms. The van der Waals surface area contributed by atoms with E-state index >= 15 is 0 Å². The molecule has 272 valence electrons. The molecule has 3 aliphatic heterocycles. The zero-order valence-electron chi connectivity index (χ0n) is 30.4. The fraction of sp³-hybridized carbons (Fsp3) is 0.800. The number of carbonyl (C=O) groups excluding carboxylic acids is 5. The zero-order chi connectivity index (χ0) is 36.3. The molecule has 1 N–H and O–H groups in total. The van der Waals surface area contributed by atoms with Gasteiger partial charge in [0.25, 0.3) is 0 Å². The van der Waals surface area contributed by atoms with Crippen LogP contribution in [0.4, 0.5) is 4.79 Å². The minimum atomic E-state index is -1.37. The molecule has 13 nitrogen and oxygen atoms in total. The van der Waals surface area contributed by atoms with E-state index in [1.165, 1.54) is 13.8 Å². The van der Waals surface area contributed by atoms with Crippen LogP contribution in [-0.4, -0.2) is 109 Å². The van der Waals surface area contributed by atoms with Crippen molar-refractivity contribution in [1.29, 1.82) is 0 Å². The van der Waals surface area contributed by atoms with Gasteiger partial charge in [-0.1, -0.05) is 33.8 Å². The Labute approximate surface area is 284 Å². The summed E-state index contributed by atoms with van der Waals surface area (Å²) in [7, 11) is 3.74. The number of rotatable bonds is 8. The summed E-state index contributed by atoms with van der Waals surface area (Å²) in [6.07, 6.45) is -2.55. The number of nitrogens with one attached hydrogen (secondary N) is 1. The van der Waals surface area contributed by atoms with Gasteiger partial charge in [-0.05, 0) is 61.1 Å². The Morgan fingerprint density at radius 3 is 2.27 bits per heavy atom. The number of esters is 2. The molecular weight excluding hydrogens is 624 g/mol. The van der Waals surface area contributed by atoms with Crippen molar-refractivity contribution in [2.24, 2.45) is 23.7 Å². The molecule has 0 saturated carbocycles.